The van der Waals surface area contributed by atoms with Gasteiger partial charge in [0.2, 0.25) is 0 Å². The molecule has 0 spiro atoms. The molecule has 0 bridgehead atoms. The molecule has 18 heavy (non-hydrogen) atoms. The Labute approximate surface area is 104 Å². The highest BCUT2D eigenvalue weighted by atomic mass is 16.5. The number of esters is 1. The molecule has 0 aliphatic heterocycles. The molecule has 6 heteroatoms. The largest absolute Gasteiger partial charge is 0.508 e. The summed E-state index contributed by atoms with van der Waals surface area (Å²) < 4.78 is 6.02. The summed E-state index contributed by atoms with van der Waals surface area (Å²) in [4.78, 5) is 11.5. The van der Waals surface area contributed by atoms with Crippen molar-refractivity contribution in [3.05, 3.63) is 35.5 Å². The second-order valence-electron chi connectivity index (χ2n) is 3.78. The maximum atomic E-state index is 11.5. The molecule has 0 saturated carbocycles. The normalized spacial score (nSPS) is 10.3. The van der Waals surface area contributed by atoms with Gasteiger partial charge < -0.3 is 15.6 Å². The summed E-state index contributed by atoms with van der Waals surface area (Å²) in [5, 5.41) is 13.5. The van der Waals surface area contributed by atoms with Gasteiger partial charge in [0.25, 0.3) is 0 Å². The number of nitrogens with zero attached hydrogens (tertiary/aromatic N) is 2. The molecule has 0 unspecified atom stereocenters. The zero-order valence-corrected chi connectivity index (χ0v) is 10.0. The van der Waals surface area contributed by atoms with Gasteiger partial charge in [0.1, 0.15) is 11.6 Å². The zero-order valence-electron chi connectivity index (χ0n) is 10.0. The Kier molecular flexibility index (Phi) is 2.93. The first-order chi connectivity index (χ1) is 8.54. The van der Waals surface area contributed by atoms with Crippen LogP contribution in [0.3, 0.4) is 0 Å². The first kappa shape index (κ1) is 12.0. The van der Waals surface area contributed by atoms with Crippen molar-refractivity contribution in [1.29, 1.82) is 0 Å². The van der Waals surface area contributed by atoms with Gasteiger partial charge in [-0.25, -0.2) is 9.48 Å². The molecule has 0 atom stereocenters. The van der Waals surface area contributed by atoms with E-state index in [1.165, 1.54) is 23.9 Å². The molecule has 0 aliphatic carbocycles. The zero-order chi connectivity index (χ0) is 13.3. The van der Waals surface area contributed by atoms with Crippen molar-refractivity contribution in [2.24, 2.45) is 0 Å². The van der Waals surface area contributed by atoms with Crippen LogP contribution >= 0.6 is 0 Å². The summed E-state index contributed by atoms with van der Waals surface area (Å²) in [6.07, 6.45) is 0. The fourth-order valence-electron chi connectivity index (χ4n) is 1.62. The standard InChI is InChI=1S/C12H13N3O3/c1-7-10(12(17)18-2)14-15(11(7)13)8-4-3-5-9(16)6-8/h3-6,16H,13H2,1-2H3. The molecule has 0 aliphatic rings. The molecular formula is C12H13N3O3. The van der Waals surface area contributed by atoms with Gasteiger partial charge in [0, 0.05) is 11.6 Å². The van der Waals surface area contributed by atoms with Gasteiger partial charge in [-0.3, -0.25) is 0 Å². The van der Waals surface area contributed by atoms with Gasteiger partial charge in [-0.15, -0.1) is 0 Å². The van der Waals surface area contributed by atoms with E-state index in [1.54, 1.807) is 19.1 Å². The fourth-order valence-corrected chi connectivity index (χ4v) is 1.62. The van der Waals surface area contributed by atoms with E-state index in [-0.39, 0.29) is 11.4 Å². The lowest BCUT2D eigenvalue weighted by Crippen LogP contribution is -2.05. The van der Waals surface area contributed by atoms with E-state index >= 15 is 0 Å². The van der Waals surface area contributed by atoms with E-state index < -0.39 is 5.97 Å². The van der Waals surface area contributed by atoms with Gasteiger partial charge >= 0.3 is 5.97 Å². The minimum Gasteiger partial charge on any atom is -0.508 e. The molecule has 2 rings (SSSR count). The molecule has 2 aromatic rings. The second kappa shape index (κ2) is 4.40. The maximum Gasteiger partial charge on any atom is 0.358 e. The van der Waals surface area contributed by atoms with Gasteiger partial charge in [0.15, 0.2) is 5.69 Å². The molecule has 6 nitrogen and oxygen atoms in total. The average molecular weight is 247 g/mol. The van der Waals surface area contributed by atoms with E-state index in [9.17, 15) is 9.90 Å². The number of rotatable bonds is 2. The first-order valence-electron chi connectivity index (χ1n) is 5.27. The topological polar surface area (TPSA) is 90.4 Å². The minimum absolute atomic E-state index is 0.0969. The third-order valence-corrected chi connectivity index (χ3v) is 2.62. The lowest BCUT2D eigenvalue weighted by molar-refractivity contribution is 0.0592. The highest BCUT2D eigenvalue weighted by Crippen LogP contribution is 2.22. The summed E-state index contributed by atoms with van der Waals surface area (Å²) in [5.74, 6) is -0.112. The number of anilines is 1. The summed E-state index contributed by atoms with van der Waals surface area (Å²) in [7, 11) is 1.28. The summed E-state index contributed by atoms with van der Waals surface area (Å²) in [5.41, 5.74) is 7.18. The Balaban J connectivity index is 2.56. The van der Waals surface area contributed by atoms with Crippen LogP contribution in [0.15, 0.2) is 24.3 Å². The van der Waals surface area contributed by atoms with Gasteiger partial charge in [-0.1, -0.05) is 6.07 Å². The van der Waals surface area contributed by atoms with Crippen LogP contribution in [-0.2, 0) is 4.74 Å². The number of aromatic nitrogens is 2. The SMILES string of the molecule is COC(=O)c1nn(-c2cccc(O)c2)c(N)c1C. The number of phenolic OH excluding ortho intramolecular Hbond substituents is 1. The summed E-state index contributed by atoms with van der Waals surface area (Å²) in [6, 6.07) is 6.43. The molecule has 1 aromatic heterocycles. The van der Waals surface area contributed by atoms with Crippen molar-refractivity contribution in [3.63, 3.8) is 0 Å². The van der Waals surface area contributed by atoms with E-state index in [0.29, 0.717) is 17.1 Å². The van der Waals surface area contributed by atoms with Crippen molar-refractivity contribution in [1.82, 2.24) is 9.78 Å². The summed E-state index contributed by atoms with van der Waals surface area (Å²) >= 11 is 0. The van der Waals surface area contributed by atoms with Crippen LogP contribution in [0.1, 0.15) is 16.1 Å². The smallest absolute Gasteiger partial charge is 0.358 e. The average Bonchev–Trinajstić information content (AvgIpc) is 2.66. The molecule has 94 valence electrons. The Morgan fingerprint density at radius 1 is 1.50 bits per heavy atom. The molecule has 1 aromatic carbocycles. The molecule has 3 N–H and O–H groups in total. The van der Waals surface area contributed by atoms with Crippen LogP contribution < -0.4 is 5.73 Å². The van der Waals surface area contributed by atoms with E-state index in [0.717, 1.165) is 0 Å². The molecule has 1 heterocycles. The van der Waals surface area contributed by atoms with Crippen molar-refractivity contribution in [2.75, 3.05) is 12.8 Å². The fraction of sp³-hybridized carbons (Fsp3) is 0.167. The van der Waals surface area contributed by atoms with Crippen molar-refractivity contribution in [3.8, 4) is 11.4 Å². The first-order valence-corrected chi connectivity index (χ1v) is 5.27. The Morgan fingerprint density at radius 2 is 2.22 bits per heavy atom. The number of benzene rings is 1. The van der Waals surface area contributed by atoms with E-state index in [4.69, 9.17) is 5.73 Å². The van der Waals surface area contributed by atoms with Crippen LogP contribution in [-0.4, -0.2) is 28.0 Å². The van der Waals surface area contributed by atoms with Gasteiger partial charge in [-0.05, 0) is 19.1 Å². The van der Waals surface area contributed by atoms with E-state index in [1.807, 2.05) is 0 Å². The predicted octanol–water partition coefficient (Wildman–Crippen LogP) is 1.26. The molecule has 0 amide bonds. The molecule has 0 saturated heterocycles. The van der Waals surface area contributed by atoms with Crippen LogP contribution in [0, 0.1) is 6.92 Å². The minimum atomic E-state index is -0.543. The summed E-state index contributed by atoms with van der Waals surface area (Å²) in [6.45, 7) is 1.69. The predicted molar refractivity (Wildman–Crippen MR) is 65.7 cm³/mol. The second-order valence-corrected chi connectivity index (χ2v) is 3.78. The number of carbonyl (C=O) groups excluding carboxylic acids is 1. The van der Waals surface area contributed by atoms with Gasteiger partial charge in [-0.2, -0.15) is 5.10 Å². The lowest BCUT2D eigenvalue weighted by atomic mass is 10.2. The Morgan fingerprint density at radius 3 is 2.83 bits per heavy atom. The van der Waals surface area contributed by atoms with Crippen LogP contribution in [0.2, 0.25) is 0 Å². The number of ether oxygens (including phenoxy) is 1. The number of nitrogens with two attached hydrogens (primary N) is 1. The van der Waals surface area contributed by atoms with Crippen molar-refractivity contribution in [2.45, 2.75) is 6.92 Å². The Hall–Kier alpha value is -2.50. The number of carbonyl (C=O) groups is 1. The number of hydrogen-bond donors (Lipinski definition) is 2. The highest BCUT2D eigenvalue weighted by Gasteiger charge is 2.19. The van der Waals surface area contributed by atoms with Crippen molar-refractivity contribution < 1.29 is 14.6 Å². The van der Waals surface area contributed by atoms with E-state index in [2.05, 4.69) is 9.84 Å². The molecule has 0 fully saturated rings. The highest BCUT2D eigenvalue weighted by molar-refractivity contribution is 5.90. The number of hydrogen-bond acceptors (Lipinski definition) is 5. The maximum absolute atomic E-state index is 11.5. The lowest BCUT2D eigenvalue weighted by Gasteiger charge is -2.04. The monoisotopic (exact) mass is 247 g/mol. The van der Waals surface area contributed by atoms with Gasteiger partial charge in [0.05, 0.1) is 12.8 Å². The molecule has 0 radical (unpaired) electrons. The number of nitrogen functional groups attached to an aromatic ring is 1. The third kappa shape index (κ3) is 1.88. The van der Waals surface area contributed by atoms with Crippen LogP contribution in [0.5, 0.6) is 5.75 Å². The van der Waals surface area contributed by atoms with Crippen LogP contribution in [0.25, 0.3) is 5.69 Å². The van der Waals surface area contributed by atoms with Crippen LogP contribution in [0.4, 0.5) is 5.82 Å². The van der Waals surface area contributed by atoms with Crippen molar-refractivity contribution >= 4 is 11.8 Å². The quantitative estimate of drug-likeness (QED) is 0.779. The number of methoxy groups -OCH3 is 1. The number of aromatic hydroxyl groups is 1. The third-order valence-electron chi connectivity index (χ3n) is 2.62. The number of phenols is 1. The molecular weight excluding hydrogens is 234 g/mol. The Bertz CT molecular complexity index is 605.